The molecule has 0 saturated carbocycles. The lowest BCUT2D eigenvalue weighted by Gasteiger charge is -2.37. The van der Waals surface area contributed by atoms with Gasteiger partial charge in [0.2, 0.25) is 0 Å². The number of para-hydroxylation sites is 3. The van der Waals surface area contributed by atoms with Gasteiger partial charge in [0.05, 0.1) is 17.1 Å². The Morgan fingerprint density at radius 3 is 1.48 bits per heavy atom. The van der Waals surface area contributed by atoms with Gasteiger partial charge >= 0.3 is 0 Å². The van der Waals surface area contributed by atoms with Gasteiger partial charge in [0.15, 0.2) is 0 Å². The Bertz CT molecular complexity index is 2860. The van der Waals surface area contributed by atoms with E-state index >= 15 is 0 Å². The fourth-order valence-corrected chi connectivity index (χ4v) is 9.18. The molecular weight excluding hydrogens is 653 g/mol. The van der Waals surface area contributed by atoms with Gasteiger partial charge in [0, 0.05) is 44.6 Å². The molecule has 0 aliphatic carbocycles. The largest absolute Gasteiger partial charge is 0.310 e. The summed E-state index contributed by atoms with van der Waals surface area (Å²) in [7, 11) is 0. The third kappa shape index (κ3) is 4.50. The van der Waals surface area contributed by atoms with Gasteiger partial charge in [0.1, 0.15) is 0 Å². The minimum atomic E-state index is -0.0140. The molecule has 2 aromatic heterocycles. The molecule has 4 heterocycles. The summed E-state index contributed by atoms with van der Waals surface area (Å²) in [5.74, 6) is 0. The average Bonchev–Trinajstić information content (AvgIpc) is 3.80. The number of hydrogen-bond donors (Lipinski definition) is 0. The first-order chi connectivity index (χ1) is 26.4. The van der Waals surface area contributed by atoms with Crippen molar-refractivity contribution in [3.05, 3.63) is 181 Å². The minimum absolute atomic E-state index is 0.0140. The second kappa shape index (κ2) is 11.5. The summed E-state index contributed by atoms with van der Waals surface area (Å²) in [4.78, 5) is 2.41. The Morgan fingerprint density at radius 1 is 0.444 bits per heavy atom. The topological polar surface area (TPSA) is 13.1 Å². The quantitative estimate of drug-likeness (QED) is 0.164. The summed E-state index contributed by atoms with van der Waals surface area (Å²) >= 11 is 0. The van der Waals surface area contributed by atoms with Crippen LogP contribution in [0.5, 0.6) is 0 Å². The van der Waals surface area contributed by atoms with Gasteiger partial charge in [-0.15, -0.1) is 0 Å². The maximum Gasteiger partial charge on any atom is 0.252 e. The number of benzene rings is 7. The zero-order valence-corrected chi connectivity index (χ0v) is 30.7. The molecule has 0 saturated heterocycles. The molecule has 9 aromatic rings. The van der Waals surface area contributed by atoms with Crippen LogP contribution in [-0.2, 0) is 5.41 Å². The van der Waals surface area contributed by atoms with Gasteiger partial charge in [-0.25, -0.2) is 0 Å². The molecule has 0 atom stereocenters. The first-order valence-electron chi connectivity index (χ1n) is 19.0. The molecule has 7 aromatic carbocycles. The van der Waals surface area contributed by atoms with Crippen molar-refractivity contribution in [3.8, 4) is 33.9 Å². The average molecular weight is 692 g/mol. The van der Waals surface area contributed by atoms with Crippen molar-refractivity contribution in [2.24, 2.45) is 0 Å². The van der Waals surface area contributed by atoms with E-state index in [1.54, 1.807) is 0 Å². The van der Waals surface area contributed by atoms with Crippen molar-refractivity contribution in [3.63, 3.8) is 0 Å². The summed E-state index contributed by atoms with van der Waals surface area (Å²) in [6.45, 7) is 7.08. The van der Waals surface area contributed by atoms with Gasteiger partial charge in [-0.2, -0.15) is 0 Å². The fraction of sp³-hybridized carbons (Fsp3) is 0.0800. The van der Waals surface area contributed by atoms with Crippen molar-refractivity contribution < 1.29 is 0 Å². The van der Waals surface area contributed by atoms with Crippen molar-refractivity contribution in [2.75, 3.05) is 4.90 Å². The van der Waals surface area contributed by atoms with Crippen LogP contribution in [0.25, 0.3) is 55.7 Å². The Balaban J connectivity index is 1.33. The molecule has 256 valence electrons. The molecule has 0 bridgehead atoms. The predicted octanol–water partition coefficient (Wildman–Crippen LogP) is 10.8. The molecule has 0 fully saturated rings. The summed E-state index contributed by atoms with van der Waals surface area (Å²) < 4.78 is 5.14. The number of anilines is 3. The summed E-state index contributed by atoms with van der Waals surface area (Å²) in [5.41, 5.74) is 18.7. The van der Waals surface area contributed by atoms with Gasteiger partial charge in [-0.1, -0.05) is 142 Å². The van der Waals surface area contributed by atoms with E-state index in [4.69, 9.17) is 0 Å². The Hall–Kier alpha value is -6.52. The van der Waals surface area contributed by atoms with E-state index in [0.717, 1.165) is 17.1 Å². The Morgan fingerprint density at radius 2 is 0.944 bits per heavy atom. The predicted molar refractivity (Wildman–Crippen MR) is 229 cm³/mol. The highest BCUT2D eigenvalue weighted by atomic mass is 15.2. The second-order valence-electron chi connectivity index (χ2n) is 15.8. The molecule has 0 unspecified atom stereocenters. The number of fused-ring (bicyclic) bond motifs is 4. The smallest absolute Gasteiger partial charge is 0.252 e. The second-order valence-corrected chi connectivity index (χ2v) is 15.8. The lowest BCUT2D eigenvalue weighted by Crippen LogP contribution is -2.59. The van der Waals surface area contributed by atoms with E-state index in [-0.39, 0.29) is 12.1 Å². The first-order valence-corrected chi connectivity index (χ1v) is 19.0. The molecule has 11 rings (SSSR count). The lowest BCUT2D eigenvalue weighted by molar-refractivity contribution is 0.591. The molecular formula is C50H38BN3. The lowest BCUT2D eigenvalue weighted by atomic mass is 9.34. The third-order valence-corrected chi connectivity index (χ3v) is 11.6. The van der Waals surface area contributed by atoms with Crippen LogP contribution in [0.1, 0.15) is 26.3 Å². The van der Waals surface area contributed by atoms with E-state index < -0.39 is 0 Å². The van der Waals surface area contributed by atoms with Crippen LogP contribution in [0.2, 0.25) is 0 Å². The SMILES string of the molecule is CC(C)(C)c1cc2c3c(c1)cc(-c1ccccc1)n3-c1cc(N(c3ccccc3)c3ccccc3)cc3c1B2c1cccc2cc(-c4ccccc4)n-3c12. The van der Waals surface area contributed by atoms with E-state index in [2.05, 4.69) is 211 Å². The molecule has 0 amide bonds. The zero-order valence-electron chi connectivity index (χ0n) is 30.7. The fourth-order valence-electron chi connectivity index (χ4n) is 9.18. The molecule has 0 radical (unpaired) electrons. The van der Waals surface area contributed by atoms with Crippen LogP contribution in [0.3, 0.4) is 0 Å². The highest BCUT2D eigenvalue weighted by molar-refractivity contribution is 7.00. The van der Waals surface area contributed by atoms with Gasteiger partial charge in [-0.3, -0.25) is 0 Å². The number of nitrogens with zero attached hydrogens (tertiary/aromatic N) is 3. The number of aromatic nitrogens is 2. The molecule has 54 heavy (non-hydrogen) atoms. The Kier molecular flexibility index (Phi) is 6.61. The maximum atomic E-state index is 2.58. The van der Waals surface area contributed by atoms with E-state index in [1.807, 2.05) is 0 Å². The van der Waals surface area contributed by atoms with Crippen molar-refractivity contribution in [1.29, 1.82) is 0 Å². The van der Waals surface area contributed by atoms with Crippen molar-refractivity contribution in [2.45, 2.75) is 26.2 Å². The standard InChI is InChI=1S/C50H38BN3/c1-50(2,3)37-27-36-29-44(34-19-10-5-11-20-34)54-46-32-40(52(38-22-12-6-13-23-38)39-24-14-7-15-25-39)31-45-47(46)51(42(30-37)49(36)54)41-26-16-21-35-28-43(53(45)48(35)41)33-17-8-4-9-18-33/h4-32H,1-3H3. The monoisotopic (exact) mass is 691 g/mol. The summed E-state index contributed by atoms with van der Waals surface area (Å²) in [6, 6.07) is 65.0. The molecule has 4 heteroatoms. The molecule has 0 spiro atoms. The zero-order chi connectivity index (χ0) is 36.1. The van der Waals surface area contributed by atoms with Crippen LogP contribution in [0.4, 0.5) is 17.1 Å². The Labute approximate surface area is 316 Å². The van der Waals surface area contributed by atoms with E-state index in [1.165, 1.54) is 77.6 Å². The van der Waals surface area contributed by atoms with Crippen LogP contribution in [-0.4, -0.2) is 15.8 Å². The maximum absolute atomic E-state index is 2.58. The van der Waals surface area contributed by atoms with Crippen LogP contribution in [0.15, 0.2) is 176 Å². The van der Waals surface area contributed by atoms with Crippen molar-refractivity contribution >= 4 is 62.0 Å². The van der Waals surface area contributed by atoms with Crippen molar-refractivity contribution in [1.82, 2.24) is 9.13 Å². The number of rotatable bonds is 5. The normalized spacial score (nSPS) is 12.7. The minimum Gasteiger partial charge on any atom is -0.310 e. The van der Waals surface area contributed by atoms with Gasteiger partial charge in [0.25, 0.3) is 6.71 Å². The molecule has 2 aliphatic heterocycles. The van der Waals surface area contributed by atoms with Crippen LogP contribution >= 0.6 is 0 Å². The number of hydrogen-bond acceptors (Lipinski definition) is 1. The summed E-state index contributed by atoms with van der Waals surface area (Å²) in [5, 5.41) is 2.55. The van der Waals surface area contributed by atoms with Gasteiger partial charge in [-0.05, 0) is 93.1 Å². The van der Waals surface area contributed by atoms with Crippen LogP contribution < -0.4 is 21.3 Å². The molecule has 3 nitrogen and oxygen atoms in total. The molecule has 2 aliphatic rings. The molecule has 0 N–H and O–H groups in total. The highest BCUT2D eigenvalue weighted by Gasteiger charge is 2.42. The van der Waals surface area contributed by atoms with Crippen LogP contribution in [0, 0.1) is 0 Å². The van der Waals surface area contributed by atoms with Gasteiger partial charge < -0.3 is 14.0 Å². The first kappa shape index (κ1) is 31.1. The summed E-state index contributed by atoms with van der Waals surface area (Å²) in [6.07, 6.45) is 0. The van der Waals surface area contributed by atoms with E-state index in [9.17, 15) is 0 Å². The van der Waals surface area contributed by atoms with E-state index in [0.29, 0.717) is 0 Å². The highest BCUT2D eigenvalue weighted by Crippen LogP contribution is 2.43. The third-order valence-electron chi connectivity index (χ3n) is 11.6.